The normalized spacial score (nSPS) is 14.4. The Morgan fingerprint density at radius 2 is 1.31 bits per heavy atom. The number of anilines is 2. The van der Waals surface area contributed by atoms with E-state index < -0.39 is 0 Å². The summed E-state index contributed by atoms with van der Waals surface area (Å²) in [7, 11) is 6.65. The summed E-state index contributed by atoms with van der Waals surface area (Å²) in [6.45, 7) is 10.3. The molecule has 7 nitrogen and oxygen atoms in total. The first-order chi connectivity index (χ1) is 17.4. The number of ether oxygens (including phenoxy) is 4. The molecule has 0 saturated heterocycles. The lowest BCUT2D eigenvalue weighted by atomic mass is 10.00. The van der Waals surface area contributed by atoms with E-state index in [2.05, 4.69) is 68.8 Å². The molecule has 0 fully saturated rings. The monoisotopic (exact) mass is 581 g/mol. The van der Waals surface area contributed by atoms with Crippen molar-refractivity contribution in [2.75, 3.05) is 90.8 Å². The zero-order valence-corrected chi connectivity index (χ0v) is 24.8. The van der Waals surface area contributed by atoms with Crippen LogP contribution in [0.3, 0.4) is 0 Å². The molecule has 200 valence electrons. The number of methoxy groups -OCH3 is 4. The minimum Gasteiger partial charge on any atom is -0.383 e. The zero-order valence-electron chi connectivity index (χ0n) is 22.4. The molecule has 36 heavy (non-hydrogen) atoms. The molecule has 2 aromatic rings. The molecular formula is C27H40BrN3O4S. The van der Waals surface area contributed by atoms with Crippen LogP contribution in [0.15, 0.2) is 40.2 Å². The van der Waals surface area contributed by atoms with Crippen molar-refractivity contribution in [1.82, 2.24) is 0 Å². The molecule has 0 amide bonds. The predicted octanol–water partition coefficient (Wildman–Crippen LogP) is 5.16. The molecule has 1 aliphatic rings. The molecular weight excluding hydrogens is 542 g/mol. The lowest BCUT2D eigenvalue weighted by molar-refractivity contribution is 0.190. The van der Waals surface area contributed by atoms with Gasteiger partial charge in [-0.15, -0.1) is 0 Å². The minimum absolute atomic E-state index is 0.303. The van der Waals surface area contributed by atoms with Gasteiger partial charge in [0.15, 0.2) is 0 Å². The largest absolute Gasteiger partial charge is 0.383 e. The van der Waals surface area contributed by atoms with Gasteiger partial charge in [-0.25, -0.2) is 4.99 Å². The molecule has 0 radical (unpaired) electrons. The van der Waals surface area contributed by atoms with Crippen LogP contribution >= 0.6 is 23.7 Å². The maximum atomic E-state index is 5.39. The summed E-state index contributed by atoms with van der Waals surface area (Å²) in [5, 5.41) is 1.02. The van der Waals surface area contributed by atoms with Gasteiger partial charge in [-0.05, 0) is 56.6 Å². The molecule has 3 rings (SSSR count). The molecule has 1 unspecified atom stereocenters. The number of benzene rings is 2. The Labute approximate surface area is 225 Å². The number of nitrogens with zero attached hydrogens (tertiary/aromatic N) is 3. The van der Waals surface area contributed by atoms with Crippen molar-refractivity contribution in [3.8, 4) is 0 Å². The van der Waals surface area contributed by atoms with E-state index in [1.807, 2.05) is 0 Å². The van der Waals surface area contributed by atoms with E-state index in [-0.39, 0.29) is 8.92 Å². The Kier molecular flexibility index (Phi) is 11.7. The van der Waals surface area contributed by atoms with E-state index in [1.54, 1.807) is 28.4 Å². The van der Waals surface area contributed by atoms with Crippen molar-refractivity contribution in [3.63, 3.8) is 0 Å². The van der Waals surface area contributed by atoms with E-state index >= 15 is 0 Å². The Balaban J connectivity index is 2.12. The fourth-order valence-electron chi connectivity index (χ4n) is 4.21. The third kappa shape index (κ3) is 7.08. The van der Waals surface area contributed by atoms with E-state index in [0.29, 0.717) is 32.3 Å². The van der Waals surface area contributed by atoms with Crippen LogP contribution in [0, 0.1) is 4.51 Å². The third-order valence-corrected chi connectivity index (χ3v) is 9.77. The maximum Gasteiger partial charge on any atom is 0.0813 e. The average molecular weight is 583 g/mol. The predicted molar refractivity (Wildman–Crippen MR) is 153 cm³/mol. The van der Waals surface area contributed by atoms with Crippen LogP contribution in [0.4, 0.5) is 17.1 Å². The molecule has 0 spiro atoms. The van der Waals surface area contributed by atoms with Crippen molar-refractivity contribution in [2.45, 2.75) is 24.7 Å². The van der Waals surface area contributed by atoms with E-state index in [4.69, 9.17) is 23.9 Å². The van der Waals surface area contributed by atoms with Crippen molar-refractivity contribution >= 4 is 40.8 Å². The molecule has 0 saturated carbocycles. The maximum absolute atomic E-state index is 5.39. The van der Waals surface area contributed by atoms with Crippen LogP contribution in [0.2, 0.25) is 0 Å². The third-order valence-electron chi connectivity index (χ3n) is 6.26. The molecule has 0 aromatic heterocycles. The number of rotatable bonds is 15. The highest BCUT2D eigenvalue weighted by atomic mass is 79.9. The lowest BCUT2D eigenvalue weighted by Gasteiger charge is -2.28. The number of fused-ring (bicyclic) bond motifs is 2. The molecule has 9 heteroatoms. The second kappa shape index (κ2) is 14.4. The highest BCUT2D eigenvalue weighted by Gasteiger charge is 2.21. The van der Waals surface area contributed by atoms with Gasteiger partial charge in [-0.1, -0.05) is 22.8 Å². The van der Waals surface area contributed by atoms with E-state index in [9.17, 15) is 0 Å². The number of hydrogen-bond acceptors (Lipinski definition) is 7. The highest BCUT2D eigenvalue weighted by Crippen LogP contribution is 2.49. The number of halogens is 1. The fraction of sp³-hybridized carbons (Fsp3) is 0.556. The van der Waals surface area contributed by atoms with Crippen LogP contribution in [0.5, 0.6) is 0 Å². The Morgan fingerprint density at radius 3 is 1.81 bits per heavy atom. The minimum atomic E-state index is -0.303. The smallest absolute Gasteiger partial charge is 0.0813 e. The van der Waals surface area contributed by atoms with Crippen molar-refractivity contribution in [2.24, 2.45) is 4.99 Å². The summed E-state index contributed by atoms with van der Waals surface area (Å²) in [6, 6.07) is 11.1. The van der Waals surface area contributed by atoms with Crippen LogP contribution in [0.1, 0.15) is 25.3 Å². The lowest BCUT2D eigenvalue weighted by Crippen LogP contribution is -2.31. The molecule has 0 bridgehead atoms. The van der Waals surface area contributed by atoms with Gasteiger partial charge in [0, 0.05) is 75.4 Å². The molecule has 1 heterocycles. The standard InChI is InChI=1S/C27H40BrN3O4S/c1-20(2)23-17-22(31(11-15-34-5)12-16-35-6)19-26-27(23)29-24-8-7-21(18-25(24)36(26)28)30(9-13-32-3)10-14-33-4/h7-8,17-20H,9-16H2,1-6H3. The summed E-state index contributed by atoms with van der Waals surface area (Å²) in [5.41, 5.74) is 4.68. The van der Waals surface area contributed by atoms with E-state index in [0.717, 1.165) is 42.9 Å². The molecule has 0 aliphatic carbocycles. The van der Waals surface area contributed by atoms with Crippen molar-refractivity contribution in [1.29, 1.82) is 0 Å². The fourth-order valence-corrected chi connectivity index (χ4v) is 7.05. The first-order valence-electron chi connectivity index (χ1n) is 12.3. The quantitative estimate of drug-likeness (QED) is 0.271. The summed E-state index contributed by atoms with van der Waals surface area (Å²) >= 11 is 4.08. The summed E-state index contributed by atoms with van der Waals surface area (Å²) in [6.07, 6.45) is 0. The SMILES string of the molecule is COCCN(CCOC)c1cc(C(C)C)c2c(c1)S(Br)=c1cc(N(CCOC)CCOC)ccc1=N2. The second-order valence-corrected chi connectivity index (χ2v) is 12.3. The van der Waals surface area contributed by atoms with Gasteiger partial charge in [0.25, 0.3) is 0 Å². The molecule has 0 N–H and O–H groups in total. The van der Waals surface area contributed by atoms with Crippen LogP contribution in [0.25, 0.3) is 0 Å². The van der Waals surface area contributed by atoms with Gasteiger partial charge >= 0.3 is 0 Å². The van der Waals surface area contributed by atoms with Gasteiger partial charge in [0.2, 0.25) is 0 Å². The molecule has 2 aromatic carbocycles. The summed E-state index contributed by atoms with van der Waals surface area (Å²) in [4.78, 5) is 11.0. The molecule has 1 atom stereocenters. The van der Waals surface area contributed by atoms with Crippen LogP contribution in [-0.4, -0.2) is 81.0 Å². The summed E-state index contributed by atoms with van der Waals surface area (Å²) < 4.78 is 22.7. The summed E-state index contributed by atoms with van der Waals surface area (Å²) in [5.74, 6) is 0.345. The number of hydrogen-bond donors (Lipinski definition) is 0. The van der Waals surface area contributed by atoms with Gasteiger partial charge in [0.1, 0.15) is 0 Å². The van der Waals surface area contributed by atoms with Crippen LogP contribution in [-0.2, 0) is 18.9 Å². The van der Waals surface area contributed by atoms with Gasteiger partial charge in [0.05, 0.1) is 37.5 Å². The molecule has 1 aliphatic heterocycles. The average Bonchev–Trinajstić information content (AvgIpc) is 2.88. The van der Waals surface area contributed by atoms with Gasteiger partial charge in [-0.2, -0.15) is 0 Å². The van der Waals surface area contributed by atoms with Crippen molar-refractivity contribution in [3.05, 3.63) is 45.8 Å². The van der Waals surface area contributed by atoms with Gasteiger partial charge in [-0.3, -0.25) is 0 Å². The first kappa shape index (κ1) is 29.1. The van der Waals surface area contributed by atoms with Crippen LogP contribution < -0.4 is 15.2 Å². The Morgan fingerprint density at radius 1 is 0.778 bits per heavy atom. The Hall–Kier alpha value is -1.49. The Bertz CT molecular complexity index is 1110. The van der Waals surface area contributed by atoms with Crippen molar-refractivity contribution < 1.29 is 18.9 Å². The first-order valence-corrected chi connectivity index (χ1v) is 15.4. The zero-order chi connectivity index (χ0) is 26.1. The second-order valence-electron chi connectivity index (χ2n) is 9.00. The van der Waals surface area contributed by atoms with E-state index in [1.165, 1.54) is 20.7 Å². The topological polar surface area (TPSA) is 55.8 Å². The van der Waals surface area contributed by atoms with Gasteiger partial charge < -0.3 is 28.7 Å². The highest BCUT2D eigenvalue weighted by molar-refractivity contribution is 9.52.